The summed E-state index contributed by atoms with van der Waals surface area (Å²) < 4.78 is 81.9. The molecule has 53 heavy (non-hydrogen) atoms. The van der Waals surface area contributed by atoms with E-state index in [9.17, 15) is 33.1 Å². The van der Waals surface area contributed by atoms with Gasteiger partial charge < -0.3 is 19.9 Å². The van der Waals surface area contributed by atoms with Gasteiger partial charge in [0.1, 0.15) is 41.6 Å². The van der Waals surface area contributed by atoms with E-state index in [4.69, 9.17) is 9.47 Å². The summed E-state index contributed by atoms with van der Waals surface area (Å²) in [6.45, 7) is 6.38. The summed E-state index contributed by atoms with van der Waals surface area (Å²) in [5.41, 5.74) is -1.22. The zero-order valence-corrected chi connectivity index (χ0v) is 30.6. The van der Waals surface area contributed by atoms with E-state index in [1.165, 1.54) is 24.1 Å². The molecule has 2 fully saturated rings. The number of benzene rings is 2. The standard InChI is InChI=1S/C35H33F5IN7O5/c1-19-24(17-42)43-18-44-29(19)22-15-21(35(38,39)40)4-5-23(22)45-31(50)26-30(49)33(2)34(41,7-8-48(33)46-32(26)51)16-20-3-6-25(28(37)27(20)36)53-14-11-47-9-12-52-13-10-47/h3-6,15,18,49H,7-14,16H2,1-2H3,(H,45,50)(H,46,51)/t33-,34?/m1/s1. The molecule has 1 aromatic heterocycles. The second-order valence-corrected chi connectivity index (χ2v) is 15.0. The minimum atomic E-state index is -4.77. The van der Waals surface area contributed by atoms with Gasteiger partial charge in [0.25, 0.3) is 11.8 Å². The predicted octanol–water partition coefficient (Wildman–Crippen LogP) is 5.01. The lowest BCUT2D eigenvalue weighted by atomic mass is 9.78. The van der Waals surface area contributed by atoms with E-state index in [-0.39, 0.29) is 65.5 Å². The van der Waals surface area contributed by atoms with Crippen LogP contribution in [0, 0.1) is 29.9 Å². The van der Waals surface area contributed by atoms with E-state index in [0.29, 0.717) is 32.8 Å². The Labute approximate surface area is 314 Å². The minimum Gasteiger partial charge on any atom is -0.509 e. The molecule has 0 radical (unpaired) electrons. The highest BCUT2D eigenvalue weighted by molar-refractivity contribution is 14.1. The molecule has 0 saturated carbocycles. The van der Waals surface area contributed by atoms with Crippen LogP contribution in [-0.4, -0.2) is 91.8 Å². The number of aromatic nitrogens is 2. The average molecular weight is 854 g/mol. The summed E-state index contributed by atoms with van der Waals surface area (Å²) >= 11 is 2.02. The first-order valence-electron chi connectivity index (χ1n) is 16.4. The maximum absolute atomic E-state index is 15.6. The largest absolute Gasteiger partial charge is 0.509 e. The fourth-order valence-corrected chi connectivity index (χ4v) is 7.98. The Morgan fingerprint density at radius 3 is 2.60 bits per heavy atom. The molecule has 18 heteroatoms. The van der Waals surface area contributed by atoms with Crippen LogP contribution in [-0.2, 0) is 26.9 Å². The third kappa shape index (κ3) is 7.14. The van der Waals surface area contributed by atoms with Gasteiger partial charge in [0.15, 0.2) is 11.6 Å². The number of nitrogens with zero attached hydrogens (tertiary/aromatic N) is 5. The molecular weight excluding hydrogens is 820 g/mol. The van der Waals surface area contributed by atoms with Crippen LogP contribution in [0.5, 0.6) is 5.75 Å². The van der Waals surface area contributed by atoms with Crippen molar-refractivity contribution in [3.63, 3.8) is 0 Å². The van der Waals surface area contributed by atoms with E-state index < -0.39 is 55.5 Å². The second-order valence-electron chi connectivity index (χ2n) is 13.0. The number of carbonyl (C=O) groups excluding carboxylic acids is 2. The Morgan fingerprint density at radius 1 is 1.17 bits per heavy atom. The number of carbonyl (C=O) groups is 2. The van der Waals surface area contributed by atoms with Crippen LogP contribution in [0.25, 0.3) is 11.3 Å². The maximum atomic E-state index is 15.6. The van der Waals surface area contributed by atoms with Gasteiger partial charge in [-0.1, -0.05) is 28.7 Å². The molecule has 3 aliphatic heterocycles. The Balaban J connectivity index is 1.29. The van der Waals surface area contributed by atoms with Crippen LogP contribution in [0.2, 0.25) is 0 Å². The predicted molar refractivity (Wildman–Crippen MR) is 188 cm³/mol. The summed E-state index contributed by atoms with van der Waals surface area (Å²) in [4.78, 5) is 37.1. The van der Waals surface area contributed by atoms with Crippen LogP contribution in [0.1, 0.15) is 35.7 Å². The first-order chi connectivity index (χ1) is 25.1. The SMILES string of the molecule is Cc1c(C#N)ncnc1-c1cc(C(F)(F)F)ccc1NC(=O)C1=C(O)[C@@]2(C)N(CCC2(I)Cc2ccc(OCCN3CCOCC3)c(F)c2F)NC1=O. The number of alkyl halides is 4. The Bertz CT molecular complexity index is 2040. The van der Waals surface area contributed by atoms with E-state index in [2.05, 4.69) is 25.6 Å². The molecule has 1 unspecified atom stereocenters. The molecule has 12 nitrogen and oxygen atoms in total. The number of halogens is 6. The average Bonchev–Trinajstić information content (AvgIpc) is 3.37. The summed E-state index contributed by atoms with van der Waals surface area (Å²) in [5.74, 6) is -5.38. The maximum Gasteiger partial charge on any atom is 0.416 e. The lowest BCUT2D eigenvalue weighted by molar-refractivity contribution is -0.137. The fraction of sp³-hybridized carbons (Fsp3) is 0.400. The van der Waals surface area contributed by atoms with Gasteiger partial charge in [-0.2, -0.15) is 22.8 Å². The van der Waals surface area contributed by atoms with Gasteiger partial charge in [-0.05, 0) is 56.5 Å². The number of hydrogen-bond donors (Lipinski definition) is 3. The van der Waals surface area contributed by atoms with Gasteiger partial charge in [0.2, 0.25) is 5.82 Å². The Hall–Kier alpha value is -4.45. The highest BCUT2D eigenvalue weighted by Crippen LogP contribution is 2.52. The van der Waals surface area contributed by atoms with Crippen LogP contribution < -0.4 is 15.5 Å². The summed E-state index contributed by atoms with van der Waals surface area (Å²) in [5, 5.41) is 25.1. The number of morpholine rings is 1. The van der Waals surface area contributed by atoms with Crippen molar-refractivity contribution in [1.82, 2.24) is 25.3 Å². The van der Waals surface area contributed by atoms with Gasteiger partial charge in [0.05, 0.1) is 33.6 Å². The zero-order valence-electron chi connectivity index (χ0n) is 28.4. The van der Waals surface area contributed by atoms with E-state index in [0.717, 1.165) is 24.5 Å². The van der Waals surface area contributed by atoms with Gasteiger partial charge in [-0.25, -0.2) is 19.4 Å². The number of fused-ring (bicyclic) bond motifs is 1. The highest BCUT2D eigenvalue weighted by atomic mass is 127. The molecule has 0 bridgehead atoms. The molecule has 4 heterocycles. The van der Waals surface area contributed by atoms with Gasteiger partial charge >= 0.3 is 6.18 Å². The molecule has 280 valence electrons. The van der Waals surface area contributed by atoms with Crippen molar-refractivity contribution in [3.05, 3.63) is 82.0 Å². The fourth-order valence-electron chi connectivity index (χ4n) is 6.78. The second kappa shape index (κ2) is 14.8. The lowest BCUT2D eigenvalue weighted by Gasteiger charge is -2.46. The van der Waals surface area contributed by atoms with Gasteiger partial charge in [0, 0.05) is 37.3 Å². The normalized spacial score (nSPS) is 22.3. The number of rotatable bonds is 9. The van der Waals surface area contributed by atoms with Crippen molar-refractivity contribution in [2.24, 2.45) is 0 Å². The van der Waals surface area contributed by atoms with Crippen molar-refractivity contribution < 1.29 is 46.1 Å². The number of nitriles is 1. The molecular formula is C35H33F5IN7O5. The van der Waals surface area contributed by atoms with Gasteiger partial charge in [-0.15, -0.1) is 0 Å². The third-order valence-corrected chi connectivity index (χ3v) is 11.9. The van der Waals surface area contributed by atoms with Crippen molar-refractivity contribution >= 4 is 40.1 Å². The number of ether oxygens (including phenoxy) is 2. The molecule has 2 saturated heterocycles. The highest BCUT2D eigenvalue weighted by Gasteiger charge is 2.62. The number of aliphatic hydroxyl groups is 1. The van der Waals surface area contributed by atoms with Crippen LogP contribution in [0.4, 0.5) is 27.6 Å². The molecule has 3 aliphatic rings. The molecule has 0 spiro atoms. The third-order valence-electron chi connectivity index (χ3n) is 9.94. The summed E-state index contributed by atoms with van der Waals surface area (Å²) in [6, 6.07) is 7.00. The summed E-state index contributed by atoms with van der Waals surface area (Å²) in [6.07, 6.45) is -3.65. The van der Waals surface area contributed by atoms with E-state index in [1.54, 1.807) is 6.92 Å². The number of aliphatic hydroxyl groups excluding tert-OH is 1. The minimum absolute atomic E-state index is 0.0254. The number of anilines is 1. The number of hydrogen-bond acceptors (Lipinski definition) is 10. The van der Waals surface area contributed by atoms with Crippen molar-refractivity contribution in [3.8, 4) is 23.1 Å². The van der Waals surface area contributed by atoms with E-state index >= 15 is 8.78 Å². The molecule has 0 aliphatic carbocycles. The topological polar surface area (TPSA) is 153 Å². The molecule has 6 rings (SSSR count). The Morgan fingerprint density at radius 2 is 1.91 bits per heavy atom. The van der Waals surface area contributed by atoms with E-state index in [1.807, 2.05) is 28.7 Å². The van der Waals surface area contributed by atoms with Crippen molar-refractivity contribution in [1.29, 1.82) is 5.26 Å². The van der Waals surface area contributed by atoms with Crippen molar-refractivity contribution in [2.45, 2.75) is 41.8 Å². The summed E-state index contributed by atoms with van der Waals surface area (Å²) in [7, 11) is 0. The molecule has 2 atom stereocenters. The monoisotopic (exact) mass is 853 g/mol. The molecule has 3 aromatic rings. The zero-order chi connectivity index (χ0) is 38.3. The van der Waals surface area contributed by atoms with Gasteiger partial charge in [-0.3, -0.25) is 19.9 Å². The molecule has 2 aromatic carbocycles. The lowest BCUT2D eigenvalue weighted by Crippen LogP contribution is -2.65. The van der Waals surface area contributed by atoms with Crippen molar-refractivity contribution in [2.75, 3.05) is 51.3 Å². The van der Waals surface area contributed by atoms with Crippen LogP contribution >= 0.6 is 22.6 Å². The first-order valence-corrected chi connectivity index (χ1v) is 17.5. The van der Waals surface area contributed by atoms with Crippen LogP contribution in [0.3, 0.4) is 0 Å². The van der Waals surface area contributed by atoms with Crippen LogP contribution in [0.15, 0.2) is 48.0 Å². The Kier molecular flexibility index (Phi) is 10.7. The molecule has 2 amide bonds. The quantitative estimate of drug-likeness (QED) is 0.116. The number of nitrogens with one attached hydrogen (secondary N) is 2. The number of hydrazine groups is 1. The number of amides is 2. The smallest absolute Gasteiger partial charge is 0.416 e. The molecule has 3 N–H and O–H groups in total. The first kappa shape index (κ1) is 38.3.